The number of methoxy groups -OCH3 is 1. The highest BCUT2D eigenvalue weighted by Gasteiger charge is 2.23. The molecule has 2 unspecified atom stereocenters. The van der Waals surface area contributed by atoms with Crippen molar-refractivity contribution < 1.29 is 4.74 Å². The van der Waals surface area contributed by atoms with E-state index in [-0.39, 0.29) is 0 Å². The Morgan fingerprint density at radius 3 is 2.79 bits per heavy atom. The summed E-state index contributed by atoms with van der Waals surface area (Å²) in [6.45, 7) is 0. The van der Waals surface area contributed by atoms with Crippen molar-refractivity contribution in [2.45, 2.75) is 44.6 Å². The van der Waals surface area contributed by atoms with E-state index in [9.17, 15) is 0 Å². The van der Waals surface area contributed by atoms with Crippen LogP contribution in [0, 0.1) is 5.92 Å². The van der Waals surface area contributed by atoms with Crippen molar-refractivity contribution in [1.82, 2.24) is 5.32 Å². The monoisotopic (exact) mass is 281 g/mol. The molecule has 3 heteroatoms. The SMILES string of the molecule is CNC1CCCCCC1Cc1cc(Cl)ccc1OC. The summed E-state index contributed by atoms with van der Waals surface area (Å²) in [5.74, 6) is 1.64. The summed E-state index contributed by atoms with van der Waals surface area (Å²) in [5.41, 5.74) is 1.24. The molecule has 19 heavy (non-hydrogen) atoms. The maximum atomic E-state index is 6.12. The highest BCUT2D eigenvalue weighted by atomic mass is 35.5. The van der Waals surface area contributed by atoms with Crippen molar-refractivity contribution in [2.24, 2.45) is 5.92 Å². The minimum Gasteiger partial charge on any atom is -0.496 e. The molecule has 2 rings (SSSR count). The molecular formula is C16H24ClNO. The maximum absolute atomic E-state index is 6.12. The number of halogens is 1. The predicted molar refractivity (Wildman–Crippen MR) is 81.1 cm³/mol. The fraction of sp³-hybridized carbons (Fsp3) is 0.625. The standard InChI is InChI=1S/C16H24ClNO/c1-18-15-7-5-3-4-6-12(15)10-13-11-14(17)8-9-16(13)19-2/h8-9,11-12,15,18H,3-7,10H2,1-2H3. The fourth-order valence-corrected chi connectivity index (χ4v) is 3.39. The van der Waals surface area contributed by atoms with Crippen LogP contribution < -0.4 is 10.1 Å². The van der Waals surface area contributed by atoms with Gasteiger partial charge in [0.1, 0.15) is 5.75 Å². The molecule has 1 aliphatic carbocycles. The lowest BCUT2D eigenvalue weighted by atomic mass is 9.88. The zero-order valence-corrected chi connectivity index (χ0v) is 12.7. The van der Waals surface area contributed by atoms with Gasteiger partial charge in [0.05, 0.1) is 7.11 Å². The van der Waals surface area contributed by atoms with Crippen LogP contribution in [0.4, 0.5) is 0 Å². The van der Waals surface area contributed by atoms with Gasteiger partial charge in [0.25, 0.3) is 0 Å². The summed E-state index contributed by atoms with van der Waals surface area (Å²) in [7, 11) is 3.81. The summed E-state index contributed by atoms with van der Waals surface area (Å²) >= 11 is 6.12. The van der Waals surface area contributed by atoms with Gasteiger partial charge in [0.15, 0.2) is 0 Å². The van der Waals surface area contributed by atoms with Gasteiger partial charge in [-0.1, -0.05) is 30.9 Å². The third-order valence-electron chi connectivity index (χ3n) is 4.25. The highest BCUT2D eigenvalue weighted by Crippen LogP contribution is 2.31. The normalized spacial score (nSPS) is 23.9. The molecule has 1 aromatic carbocycles. The van der Waals surface area contributed by atoms with Gasteiger partial charge in [-0.25, -0.2) is 0 Å². The highest BCUT2D eigenvalue weighted by molar-refractivity contribution is 6.30. The molecule has 0 aromatic heterocycles. The molecule has 1 aromatic rings. The number of benzene rings is 1. The molecule has 0 amide bonds. The average molecular weight is 282 g/mol. The number of hydrogen-bond acceptors (Lipinski definition) is 2. The molecule has 0 saturated heterocycles. The van der Waals surface area contributed by atoms with Crippen LogP contribution in [0.2, 0.25) is 5.02 Å². The second kappa shape index (κ2) is 7.16. The first kappa shape index (κ1) is 14.7. The van der Waals surface area contributed by atoms with Crippen LogP contribution >= 0.6 is 11.6 Å². The Morgan fingerprint density at radius 1 is 1.26 bits per heavy atom. The quantitative estimate of drug-likeness (QED) is 0.841. The molecule has 0 radical (unpaired) electrons. The van der Waals surface area contributed by atoms with Crippen molar-refractivity contribution in [1.29, 1.82) is 0 Å². The van der Waals surface area contributed by atoms with Crippen LogP contribution in [0.1, 0.15) is 37.7 Å². The topological polar surface area (TPSA) is 21.3 Å². The largest absolute Gasteiger partial charge is 0.496 e. The lowest BCUT2D eigenvalue weighted by Crippen LogP contribution is -2.33. The van der Waals surface area contributed by atoms with E-state index in [1.165, 1.54) is 37.7 Å². The molecule has 2 atom stereocenters. The van der Waals surface area contributed by atoms with Crippen LogP contribution in [0.15, 0.2) is 18.2 Å². The predicted octanol–water partition coefficient (Wildman–Crippen LogP) is 4.06. The molecule has 0 aliphatic heterocycles. The molecule has 2 nitrogen and oxygen atoms in total. The zero-order chi connectivity index (χ0) is 13.7. The van der Waals surface area contributed by atoms with Crippen LogP contribution in [-0.2, 0) is 6.42 Å². The van der Waals surface area contributed by atoms with Gasteiger partial charge in [0.2, 0.25) is 0 Å². The van der Waals surface area contributed by atoms with Gasteiger partial charge in [0, 0.05) is 11.1 Å². The summed E-state index contributed by atoms with van der Waals surface area (Å²) in [5, 5.41) is 4.29. The van der Waals surface area contributed by atoms with Gasteiger partial charge < -0.3 is 10.1 Å². The maximum Gasteiger partial charge on any atom is 0.122 e. The molecule has 1 aliphatic rings. The van der Waals surface area contributed by atoms with E-state index in [4.69, 9.17) is 16.3 Å². The lowest BCUT2D eigenvalue weighted by molar-refractivity contribution is 0.342. The molecule has 0 bridgehead atoms. The third-order valence-corrected chi connectivity index (χ3v) is 4.49. The molecule has 0 spiro atoms. The van der Waals surface area contributed by atoms with E-state index < -0.39 is 0 Å². The van der Waals surface area contributed by atoms with E-state index in [0.717, 1.165) is 17.2 Å². The number of rotatable bonds is 4. The summed E-state index contributed by atoms with van der Waals surface area (Å²) < 4.78 is 5.46. The first-order valence-corrected chi connectivity index (χ1v) is 7.62. The van der Waals surface area contributed by atoms with Gasteiger partial charge in [-0.05, 0) is 56.0 Å². The average Bonchev–Trinajstić information content (AvgIpc) is 2.64. The Bertz CT molecular complexity index is 408. The molecule has 1 N–H and O–H groups in total. The number of ether oxygens (including phenoxy) is 1. The summed E-state index contributed by atoms with van der Waals surface area (Å²) in [6, 6.07) is 6.54. The van der Waals surface area contributed by atoms with E-state index in [1.54, 1.807) is 7.11 Å². The third kappa shape index (κ3) is 3.87. The van der Waals surface area contributed by atoms with Crippen LogP contribution in [-0.4, -0.2) is 20.2 Å². The van der Waals surface area contributed by atoms with Gasteiger partial charge in [-0.3, -0.25) is 0 Å². The Hall–Kier alpha value is -0.730. The van der Waals surface area contributed by atoms with Crippen molar-refractivity contribution in [3.8, 4) is 5.75 Å². The van der Waals surface area contributed by atoms with Gasteiger partial charge in [-0.2, -0.15) is 0 Å². The van der Waals surface area contributed by atoms with E-state index in [1.807, 2.05) is 12.1 Å². The second-order valence-corrected chi connectivity index (χ2v) is 5.89. The second-order valence-electron chi connectivity index (χ2n) is 5.45. The molecule has 1 fully saturated rings. The molecule has 0 heterocycles. The summed E-state index contributed by atoms with van der Waals surface area (Å²) in [4.78, 5) is 0. The summed E-state index contributed by atoms with van der Waals surface area (Å²) in [6.07, 6.45) is 7.67. The van der Waals surface area contributed by atoms with E-state index in [2.05, 4.69) is 18.4 Å². The van der Waals surface area contributed by atoms with Crippen molar-refractivity contribution in [2.75, 3.05) is 14.2 Å². The van der Waals surface area contributed by atoms with Crippen molar-refractivity contribution in [3.63, 3.8) is 0 Å². The minimum atomic E-state index is 0.617. The lowest BCUT2D eigenvalue weighted by Gasteiger charge is -2.25. The smallest absolute Gasteiger partial charge is 0.122 e. The van der Waals surface area contributed by atoms with Crippen molar-refractivity contribution in [3.05, 3.63) is 28.8 Å². The first-order valence-electron chi connectivity index (χ1n) is 7.24. The molecular weight excluding hydrogens is 258 g/mol. The van der Waals surface area contributed by atoms with Crippen LogP contribution in [0.25, 0.3) is 0 Å². The molecule has 106 valence electrons. The molecule has 1 saturated carbocycles. The minimum absolute atomic E-state index is 0.617. The van der Waals surface area contributed by atoms with E-state index >= 15 is 0 Å². The van der Waals surface area contributed by atoms with Crippen LogP contribution in [0.3, 0.4) is 0 Å². The Labute approximate surface area is 121 Å². The number of nitrogens with one attached hydrogen (secondary N) is 1. The Balaban J connectivity index is 2.15. The first-order chi connectivity index (χ1) is 9.24. The van der Waals surface area contributed by atoms with E-state index in [0.29, 0.717) is 12.0 Å². The zero-order valence-electron chi connectivity index (χ0n) is 11.9. The Kier molecular flexibility index (Phi) is 5.53. The van der Waals surface area contributed by atoms with Gasteiger partial charge >= 0.3 is 0 Å². The van der Waals surface area contributed by atoms with Gasteiger partial charge in [-0.15, -0.1) is 0 Å². The van der Waals surface area contributed by atoms with Crippen LogP contribution in [0.5, 0.6) is 5.75 Å². The fourth-order valence-electron chi connectivity index (χ4n) is 3.20. The van der Waals surface area contributed by atoms with Crippen molar-refractivity contribution >= 4 is 11.6 Å². The Morgan fingerprint density at radius 2 is 2.05 bits per heavy atom. The number of hydrogen-bond donors (Lipinski definition) is 1.